The molecule has 0 aliphatic rings. The molecule has 0 amide bonds. The van der Waals surface area contributed by atoms with Crippen LogP contribution in [0.3, 0.4) is 0 Å². The van der Waals surface area contributed by atoms with Gasteiger partial charge in [-0.3, -0.25) is 9.59 Å². The van der Waals surface area contributed by atoms with Gasteiger partial charge in [0.15, 0.2) is 0 Å². The van der Waals surface area contributed by atoms with Crippen LogP contribution < -0.4 is 0 Å². The molecule has 0 bridgehead atoms. The van der Waals surface area contributed by atoms with Gasteiger partial charge < -0.3 is 9.47 Å². The van der Waals surface area contributed by atoms with Gasteiger partial charge >= 0.3 is 11.9 Å². The van der Waals surface area contributed by atoms with Crippen molar-refractivity contribution >= 4 is 11.9 Å². The number of esters is 2. The van der Waals surface area contributed by atoms with Crippen LogP contribution in [0.15, 0.2) is 0 Å². The highest BCUT2D eigenvalue weighted by Crippen LogP contribution is 2.29. The van der Waals surface area contributed by atoms with Crippen molar-refractivity contribution in [1.82, 2.24) is 0 Å². The molecule has 0 fully saturated rings. The lowest BCUT2D eigenvalue weighted by molar-refractivity contribution is -0.155. The van der Waals surface area contributed by atoms with E-state index in [1.807, 2.05) is 0 Å². The smallest absolute Gasteiger partial charge is 0.309 e. The molecule has 0 radical (unpaired) electrons. The molecule has 1 atom stereocenters. The second kappa shape index (κ2) is 11.5. The summed E-state index contributed by atoms with van der Waals surface area (Å²) in [5.41, 5.74) is 0. The lowest BCUT2D eigenvalue weighted by atomic mass is 9.82. The number of rotatable bonds is 11. The van der Waals surface area contributed by atoms with E-state index in [0.717, 1.165) is 12.8 Å². The summed E-state index contributed by atoms with van der Waals surface area (Å²) in [6, 6.07) is 0. The zero-order chi connectivity index (χ0) is 17.1. The maximum Gasteiger partial charge on any atom is 0.309 e. The number of hydrogen-bond donors (Lipinski definition) is 0. The first-order valence-corrected chi connectivity index (χ1v) is 8.62. The van der Waals surface area contributed by atoms with Crippen LogP contribution in [0.1, 0.15) is 67.2 Å². The summed E-state index contributed by atoms with van der Waals surface area (Å²) in [5.74, 6) is 0.621. The molecule has 0 aromatic heterocycles. The van der Waals surface area contributed by atoms with E-state index in [0.29, 0.717) is 37.4 Å². The third-order valence-electron chi connectivity index (χ3n) is 3.57. The van der Waals surface area contributed by atoms with E-state index < -0.39 is 0 Å². The zero-order valence-corrected chi connectivity index (χ0v) is 15.2. The second-order valence-corrected chi connectivity index (χ2v) is 6.82. The Hall–Kier alpha value is -1.06. The number of ether oxygens (including phenoxy) is 2. The van der Waals surface area contributed by atoms with Crippen molar-refractivity contribution in [3.8, 4) is 0 Å². The Labute approximate surface area is 135 Å². The van der Waals surface area contributed by atoms with Gasteiger partial charge in [-0.2, -0.15) is 0 Å². The predicted molar refractivity (Wildman–Crippen MR) is 88.4 cm³/mol. The Morgan fingerprint density at radius 1 is 0.818 bits per heavy atom. The highest BCUT2D eigenvalue weighted by Gasteiger charge is 2.28. The van der Waals surface area contributed by atoms with Crippen LogP contribution in [0.25, 0.3) is 0 Å². The predicted octanol–water partition coefficient (Wildman–Crippen LogP) is 4.22. The highest BCUT2D eigenvalue weighted by molar-refractivity contribution is 5.79. The van der Waals surface area contributed by atoms with E-state index in [4.69, 9.17) is 9.47 Å². The molecule has 0 spiro atoms. The van der Waals surface area contributed by atoms with Gasteiger partial charge in [0.1, 0.15) is 0 Å². The Morgan fingerprint density at radius 3 is 1.73 bits per heavy atom. The minimum atomic E-state index is -0.388. The van der Waals surface area contributed by atoms with Crippen LogP contribution in [0.4, 0.5) is 0 Å². The van der Waals surface area contributed by atoms with E-state index in [-0.39, 0.29) is 24.3 Å². The van der Waals surface area contributed by atoms with E-state index in [1.165, 1.54) is 0 Å². The van der Waals surface area contributed by atoms with Gasteiger partial charge in [0.05, 0.1) is 25.6 Å². The summed E-state index contributed by atoms with van der Waals surface area (Å²) in [5, 5.41) is 0. The van der Waals surface area contributed by atoms with Crippen molar-refractivity contribution in [3.63, 3.8) is 0 Å². The van der Waals surface area contributed by atoms with Crippen LogP contribution in [-0.2, 0) is 19.1 Å². The van der Waals surface area contributed by atoms with Crippen molar-refractivity contribution in [2.45, 2.75) is 67.2 Å². The summed E-state index contributed by atoms with van der Waals surface area (Å²) >= 11 is 0. The normalized spacial score (nSPS) is 12.8. The second-order valence-electron chi connectivity index (χ2n) is 6.82. The lowest BCUT2D eigenvalue weighted by Gasteiger charge is -2.25. The first-order chi connectivity index (χ1) is 10.3. The minimum Gasteiger partial charge on any atom is -0.466 e. The molecule has 130 valence electrons. The molecule has 1 unspecified atom stereocenters. The molecule has 0 aliphatic carbocycles. The molecule has 0 saturated heterocycles. The topological polar surface area (TPSA) is 52.6 Å². The third-order valence-corrected chi connectivity index (χ3v) is 3.57. The van der Waals surface area contributed by atoms with Crippen LogP contribution in [-0.4, -0.2) is 25.2 Å². The van der Waals surface area contributed by atoms with Gasteiger partial charge in [-0.05, 0) is 50.9 Å². The standard InChI is InChI=1S/C18H34O4/c1-7-21-17(19)12-16(18(20)22-8-2)11-15(9-13(3)4)10-14(5)6/h13-16H,7-12H2,1-6H3. The van der Waals surface area contributed by atoms with E-state index in [1.54, 1.807) is 13.8 Å². The number of hydrogen-bond acceptors (Lipinski definition) is 4. The van der Waals surface area contributed by atoms with Crippen LogP contribution in [0.2, 0.25) is 0 Å². The monoisotopic (exact) mass is 314 g/mol. The molecule has 0 N–H and O–H groups in total. The van der Waals surface area contributed by atoms with Gasteiger partial charge in [-0.15, -0.1) is 0 Å². The van der Waals surface area contributed by atoms with Crippen molar-refractivity contribution < 1.29 is 19.1 Å². The SMILES string of the molecule is CCOC(=O)CC(CC(CC(C)C)CC(C)C)C(=O)OCC. The largest absolute Gasteiger partial charge is 0.466 e. The quantitative estimate of drug-likeness (QED) is 0.536. The van der Waals surface area contributed by atoms with E-state index >= 15 is 0 Å². The molecule has 4 nitrogen and oxygen atoms in total. The summed E-state index contributed by atoms with van der Waals surface area (Å²) in [4.78, 5) is 23.9. The lowest BCUT2D eigenvalue weighted by Crippen LogP contribution is -2.25. The molecular formula is C18H34O4. The maximum atomic E-state index is 12.2. The van der Waals surface area contributed by atoms with E-state index in [9.17, 15) is 9.59 Å². The summed E-state index contributed by atoms with van der Waals surface area (Å²) in [6.07, 6.45) is 2.96. The molecular weight excluding hydrogens is 280 g/mol. The molecule has 22 heavy (non-hydrogen) atoms. The zero-order valence-electron chi connectivity index (χ0n) is 15.2. The highest BCUT2D eigenvalue weighted by atomic mass is 16.5. The van der Waals surface area contributed by atoms with Gasteiger partial charge in [-0.1, -0.05) is 27.7 Å². The van der Waals surface area contributed by atoms with Crippen molar-refractivity contribution in [1.29, 1.82) is 0 Å². The average Bonchev–Trinajstić information content (AvgIpc) is 2.36. The summed E-state index contributed by atoms with van der Waals surface area (Å²) < 4.78 is 10.1. The van der Waals surface area contributed by atoms with Crippen LogP contribution in [0, 0.1) is 23.7 Å². The van der Waals surface area contributed by atoms with Crippen LogP contribution in [0.5, 0.6) is 0 Å². The van der Waals surface area contributed by atoms with Gasteiger partial charge in [0, 0.05) is 0 Å². The molecule has 0 aromatic rings. The van der Waals surface area contributed by atoms with Gasteiger partial charge in [0.2, 0.25) is 0 Å². The Bertz CT molecular complexity index is 313. The van der Waals surface area contributed by atoms with Gasteiger partial charge in [-0.25, -0.2) is 0 Å². The fourth-order valence-electron chi connectivity index (χ4n) is 2.97. The molecule has 0 rings (SSSR count). The molecule has 4 heteroatoms. The fraction of sp³-hybridized carbons (Fsp3) is 0.889. The average molecular weight is 314 g/mol. The maximum absolute atomic E-state index is 12.2. The minimum absolute atomic E-state index is 0.124. The van der Waals surface area contributed by atoms with Crippen molar-refractivity contribution in [3.05, 3.63) is 0 Å². The van der Waals surface area contributed by atoms with Crippen LogP contribution >= 0.6 is 0 Å². The van der Waals surface area contributed by atoms with Crippen molar-refractivity contribution in [2.24, 2.45) is 23.7 Å². The Kier molecular flexibility index (Phi) is 10.9. The number of carbonyl (C=O) groups excluding carboxylic acids is 2. The molecule has 0 heterocycles. The molecule has 0 saturated carbocycles. The molecule has 0 aliphatic heterocycles. The third kappa shape index (κ3) is 9.80. The molecule has 0 aromatic carbocycles. The fourth-order valence-corrected chi connectivity index (χ4v) is 2.97. The summed E-state index contributed by atoms with van der Waals surface area (Å²) in [6.45, 7) is 13.0. The first-order valence-electron chi connectivity index (χ1n) is 8.62. The Balaban J connectivity index is 4.86. The van der Waals surface area contributed by atoms with Crippen molar-refractivity contribution in [2.75, 3.05) is 13.2 Å². The summed E-state index contributed by atoms with van der Waals surface area (Å²) in [7, 11) is 0. The van der Waals surface area contributed by atoms with Gasteiger partial charge in [0.25, 0.3) is 0 Å². The first kappa shape index (κ1) is 20.9. The van der Waals surface area contributed by atoms with E-state index in [2.05, 4.69) is 27.7 Å². The Morgan fingerprint density at radius 2 is 1.32 bits per heavy atom. The number of carbonyl (C=O) groups is 2.